The average molecular weight is 268 g/mol. The van der Waals surface area contributed by atoms with Gasteiger partial charge in [0.15, 0.2) is 5.96 Å². The maximum atomic E-state index is 5.50. The first-order chi connectivity index (χ1) is 9.16. The Morgan fingerprint density at radius 2 is 2.00 bits per heavy atom. The summed E-state index contributed by atoms with van der Waals surface area (Å²) in [6.07, 6.45) is 4.67. The fourth-order valence-corrected chi connectivity index (χ4v) is 2.47. The standard InChI is InChI=1S/C14H28N4O/c1-4-15-13(17-12-5-6-12)16-11-14(18(2)3)7-9-19-10-8-14/h12H,4-11H2,1-3H3,(H2,15,16,17). The molecule has 5 heteroatoms. The molecule has 0 aromatic heterocycles. The van der Waals surface area contributed by atoms with E-state index in [1.807, 2.05) is 0 Å². The average Bonchev–Trinajstić information content (AvgIpc) is 3.21. The van der Waals surface area contributed by atoms with Crippen molar-refractivity contribution in [3.8, 4) is 0 Å². The van der Waals surface area contributed by atoms with E-state index >= 15 is 0 Å². The molecule has 2 rings (SSSR count). The Balaban J connectivity index is 1.97. The Bertz CT molecular complexity index is 307. The van der Waals surface area contributed by atoms with E-state index < -0.39 is 0 Å². The molecule has 2 aliphatic rings. The molecule has 1 heterocycles. The minimum absolute atomic E-state index is 0.157. The minimum atomic E-state index is 0.157. The molecule has 19 heavy (non-hydrogen) atoms. The van der Waals surface area contributed by atoms with Gasteiger partial charge >= 0.3 is 0 Å². The lowest BCUT2D eigenvalue weighted by Gasteiger charge is -2.41. The van der Waals surface area contributed by atoms with E-state index in [9.17, 15) is 0 Å². The van der Waals surface area contributed by atoms with Crippen LogP contribution in [0.25, 0.3) is 0 Å². The number of ether oxygens (including phenoxy) is 1. The van der Waals surface area contributed by atoms with Crippen molar-refractivity contribution in [2.24, 2.45) is 4.99 Å². The number of nitrogens with zero attached hydrogens (tertiary/aromatic N) is 2. The van der Waals surface area contributed by atoms with Gasteiger partial charge in [0.25, 0.3) is 0 Å². The first kappa shape index (κ1) is 14.6. The molecule has 0 unspecified atom stereocenters. The summed E-state index contributed by atoms with van der Waals surface area (Å²) in [7, 11) is 4.31. The molecule has 1 saturated carbocycles. The van der Waals surface area contributed by atoms with Crippen molar-refractivity contribution in [3.63, 3.8) is 0 Å². The quantitative estimate of drug-likeness (QED) is 0.572. The molecule has 1 aliphatic heterocycles. The summed E-state index contributed by atoms with van der Waals surface area (Å²) in [6.45, 7) is 5.56. The van der Waals surface area contributed by atoms with Crippen LogP contribution in [0, 0.1) is 0 Å². The number of aliphatic imine (C=N–C) groups is 1. The number of hydrogen-bond donors (Lipinski definition) is 2. The van der Waals surface area contributed by atoms with Gasteiger partial charge in [0.1, 0.15) is 0 Å². The Kier molecular flexibility index (Phi) is 5.05. The van der Waals surface area contributed by atoms with Crippen LogP contribution in [0.1, 0.15) is 32.6 Å². The fraction of sp³-hybridized carbons (Fsp3) is 0.929. The van der Waals surface area contributed by atoms with Crippen LogP contribution >= 0.6 is 0 Å². The van der Waals surface area contributed by atoms with E-state index in [2.05, 4.69) is 36.6 Å². The summed E-state index contributed by atoms with van der Waals surface area (Å²) < 4.78 is 5.50. The SMILES string of the molecule is CCNC(=NCC1(N(C)C)CCOCC1)NC1CC1. The molecule has 1 aliphatic carbocycles. The molecule has 0 amide bonds. The van der Waals surface area contributed by atoms with E-state index in [1.54, 1.807) is 0 Å². The topological polar surface area (TPSA) is 48.9 Å². The molecule has 0 aromatic carbocycles. The van der Waals surface area contributed by atoms with Gasteiger partial charge in [-0.3, -0.25) is 4.99 Å². The molecular weight excluding hydrogens is 240 g/mol. The van der Waals surface area contributed by atoms with Crippen LogP contribution in [0.15, 0.2) is 4.99 Å². The number of rotatable bonds is 5. The first-order valence-corrected chi connectivity index (χ1v) is 7.46. The van der Waals surface area contributed by atoms with Crippen LogP contribution in [-0.2, 0) is 4.74 Å². The number of hydrogen-bond acceptors (Lipinski definition) is 3. The van der Waals surface area contributed by atoms with Crippen LogP contribution in [-0.4, -0.2) is 62.8 Å². The summed E-state index contributed by atoms with van der Waals surface area (Å²) >= 11 is 0. The Labute approximate surface area is 116 Å². The third-order valence-electron chi connectivity index (χ3n) is 4.17. The van der Waals surface area contributed by atoms with Crippen LogP contribution in [0.4, 0.5) is 0 Å². The maximum absolute atomic E-state index is 5.50. The normalized spacial score (nSPS) is 23.5. The zero-order chi connectivity index (χ0) is 13.7. The lowest BCUT2D eigenvalue weighted by Crippen LogP contribution is -2.51. The second kappa shape index (κ2) is 6.57. The summed E-state index contributed by atoms with van der Waals surface area (Å²) in [5.74, 6) is 0.970. The summed E-state index contributed by atoms with van der Waals surface area (Å²) in [4.78, 5) is 7.13. The third kappa shape index (κ3) is 4.08. The molecule has 0 atom stereocenters. The summed E-state index contributed by atoms with van der Waals surface area (Å²) in [6, 6.07) is 0.641. The van der Waals surface area contributed by atoms with Gasteiger partial charge in [-0.05, 0) is 46.7 Å². The van der Waals surface area contributed by atoms with Crippen LogP contribution < -0.4 is 10.6 Å². The predicted molar refractivity (Wildman–Crippen MR) is 78.6 cm³/mol. The van der Waals surface area contributed by atoms with E-state index in [4.69, 9.17) is 9.73 Å². The zero-order valence-electron chi connectivity index (χ0n) is 12.5. The van der Waals surface area contributed by atoms with Crippen LogP contribution in [0.5, 0.6) is 0 Å². The first-order valence-electron chi connectivity index (χ1n) is 7.46. The van der Waals surface area contributed by atoms with Gasteiger partial charge < -0.3 is 20.3 Å². The lowest BCUT2D eigenvalue weighted by atomic mass is 9.89. The van der Waals surface area contributed by atoms with Gasteiger partial charge in [0.2, 0.25) is 0 Å². The van der Waals surface area contributed by atoms with Gasteiger partial charge in [0.05, 0.1) is 6.54 Å². The summed E-state index contributed by atoms with van der Waals surface area (Å²) in [5, 5.41) is 6.82. The smallest absolute Gasteiger partial charge is 0.191 e. The molecule has 0 radical (unpaired) electrons. The van der Waals surface area contributed by atoms with Crippen LogP contribution in [0.3, 0.4) is 0 Å². The molecule has 1 saturated heterocycles. The van der Waals surface area contributed by atoms with Crippen LogP contribution in [0.2, 0.25) is 0 Å². The zero-order valence-corrected chi connectivity index (χ0v) is 12.5. The highest BCUT2D eigenvalue weighted by Crippen LogP contribution is 2.26. The molecule has 0 aromatic rings. The predicted octanol–water partition coefficient (Wildman–Crippen LogP) is 0.815. The van der Waals surface area contributed by atoms with E-state index in [0.29, 0.717) is 6.04 Å². The van der Waals surface area contributed by atoms with Crippen molar-refractivity contribution in [1.82, 2.24) is 15.5 Å². The Hall–Kier alpha value is -0.810. The van der Waals surface area contributed by atoms with Gasteiger partial charge in [-0.15, -0.1) is 0 Å². The highest BCUT2D eigenvalue weighted by molar-refractivity contribution is 5.80. The molecule has 0 bridgehead atoms. The molecule has 2 fully saturated rings. The van der Waals surface area contributed by atoms with Gasteiger partial charge in [-0.2, -0.15) is 0 Å². The minimum Gasteiger partial charge on any atom is -0.381 e. The lowest BCUT2D eigenvalue weighted by molar-refractivity contribution is -0.00254. The van der Waals surface area contributed by atoms with Gasteiger partial charge in [-0.1, -0.05) is 0 Å². The second-order valence-corrected chi connectivity index (χ2v) is 5.84. The maximum Gasteiger partial charge on any atom is 0.191 e. The Morgan fingerprint density at radius 3 is 2.53 bits per heavy atom. The molecular formula is C14H28N4O. The largest absolute Gasteiger partial charge is 0.381 e. The van der Waals surface area contributed by atoms with Crippen molar-refractivity contribution in [2.75, 3.05) is 40.4 Å². The van der Waals surface area contributed by atoms with E-state index in [0.717, 1.165) is 45.1 Å². The highest BCUT2D eigenvalue weighted by Gasteiger charge is 2.34. The van der Waals surface area contributed by atoms with Crippen molar-refractivity contribution in [2.45, 2.75) is 44.2 Å². The number of likely N-dealkylation sites (N-methyl/N-ethyl adjacent to an activating group) is 1. The van der Waals surface area contributed by atoms with Crippen molar-refractivity contribution >= 4 is 5.96 Å². The molecule has 2 N–H and O–H groups in total. The third-order valence-corrected chi connectivity index (χ3v) is 4.17. The molecule has 0 spiro atoms. The Morgan fingerprint density at radius 1 is 1.32 bits per heavy atom. The molecule has 5 nitrogen and oxygen atoms in total. The van der Waals surface area contributed by atoms with E-state index in [1.165, 1.54) is 12.8 Å². The molecule has 110 valence electrons. The van der Waals surface area contributed by atoms with E-state index in [-0.39, 0.29) is 5.54 Å². The number of guanidine groups is 1. The highest BCUT2D eigenvalue weighted by atomic mass is 16.5. The second-order valence-electron chi connectivity index (χ2n) is 5.84. The van der Waals surface area contributed by atoms with Crippen molar-refractivity contribution in [1.29, 1.82) is 0 Å². The van der Waals surface area contributed by atoms with Crippen molar-refractivity contribution in [3.05, 3.63) is 0 Å². The van der Waals surface area contributed by atoms with Crippen molar-refractivity contribution < 1.29 is 4.74 Å². The monoisotopic (exact) mass is 268 g/mol. The fourth-order valence-electron chi connectivity index (χ4n) is 2.47. The van der Waals surface area contributed by atoms with Gasteiger partial charge in [-0.25, -0.2) is 0 Å². The van der Waals surface area contributed by atoms with Gasteiger partial charge in [0, 0.05) is 31.3 Å². The summed E-state index contributed by atoms with van der Waals surface area (Å²) in [5.41, 5.74) is 0.157. The number of nitrogens with one attached hydrogen (secondary N) is 2.